The van der Waals surface area contributed by atoms with Gasteiger partial charge in [0, 0.05) is 39.8 Å². The third-order valence-corrected chi connectivity index (χ3v) is 2.56. The lowest BCUT2D eigenvalue weighted by Crippen LogP contribution is -2.38. The zero-order valence-electron chi connectivity index (χ0n) is 10.4. The van der Waals surface area contributed by atoms with Crippen molar-refractivity contribution < 1.29 is 19.4 Å². The maximum absolute atomic E-state index is 10.5. The normalized spacial score (nSPS) is 13.0. The number of carboxylic acids is 1. The second-order valence-electron chi connectivity index (χ2n) is 3.80. The number of carbonyl (C=O) groups is 1. The van der Waals surface area contributed by atoms with Gasteiger partial charge in [-0.25, -0.2) is 0 Å². The zero-order valence-corrected chi connectivity index (χ0v) is 10.4. The molecule has 1 atom stereocenters. The molecule has 0 aromatic heterocycles. The van der Waals surface area contributed by atoms with Crippen molar-refractivity contribution in [2.45, 2.75) is 25.8 Å². The SMILES string of the molecule is COCCN(CCOC)C(C)CCC(=O)O. The van der Waals surface area contributed by atoms with Crippen molar-refractivity contribution in [1.29, 1.82) is 0 Å². The Morgan fingerprint density at radius 3 is 2.12 bits per heavy atom. The predicted octanol–water partition coefficient (Wildman–Crippen LogP) is 0.835. The van der Waals surface area contributed by atoms with E-state index in [-0.39, 0.29) is 12.5 Å². The van der Waals surface area contributed by atoms with E-state index in [1.807, 2.05) is 6.92 Å². The molecule has 0 saturated carbocycles. The highest BCUT2D eigenvalue weighted by atomic mass is 16.5. The monoisotopic (exact) mass is 233 g/mol. The summed E-state index contributed by atoms with van der Waals surface area (Å²) in [7, 11) is 3.33. The summed E-state index contributed by atoms with van der Waals surface area (Å²) in [6.07, 6.45) is 0.862. The van der Waals surface area contributed by atoms with Gasteiger partial charge in [-0.15, -0.1) is 0 Å². The number of ether oxygens (including phenoxy) is 2. The van der Waals surface area contributed by atoms with Gasteiger partial charge in [0.1, 0.15) is 0 Å². The minimum atomic E-state index is -0.745. The molecular formula is C11H23NO4. The van der Waals surface area contributed by atoms with Crippen LogP contribution in [0.5, 0.6) is 0 Å². The molecule has 96 valence electrons. The Bertz CT molecular complexity index is 179. The summed E-state index contributed by atoms with van der Waals surface area (Å²) in [6.45, 7) is 4.96. The molecule has 16 heavy (non-hydrogen) atoms. The topological polar surface area (TPSA) is 59.0 Å². The molecule has 0 aliphatic carbocycles. The first-order valence-electron chi connectivity index (χ1n) is 5.55. The Balaban J connectivity index is 3.97. The summed E-state index contributed by atoms with van der Waals surface area (Å²) in [5, 5.41) is 8.63. The van der Waals surface area contributed by atoms with E-state index in [9.17, 15) is 4.79 Å². The number of nitrogens with zero attached hydrogens (tertiary/aromatic N) is 1. The van der Waals surface area contributed by atoms with Gasteiger partial charge in [0.2, 0.25) is 0 Å². The van der Waals surface area contributed by atoms with Crippen LogP contribution in [0.1, 0.15) is 19.8 Å². The summed E-state index contributed by atoms with van der Waals surface area (Å²) < 4.78 is 10.1. The molecule has 1 unspecified atom stereocenters. The lowest BCUT2D eigenvalue weighted by atomic mass is 10.1. The largest absolute Gasteiger partial charge is 0.481 e. The lowest BCUT2D eigenvalue weighted by molar-refractivity contribution is -0.137. The first-order chi connectivity index (χ1) is 7.61. The number of aliphatic carboxylic acids is 1. The quantitative estimate of drug-likeness (QED) is 0.606. The number of rotatable bonds is 10. The molecule has 0 fully saturated rings. The van der Waals surface area contributed by atoms with Crippen molar-refractivity contribution in [1.82, 2.24) is 4.90 Å². The van der Waals surface area contributed by atoms with Crippen molar-refractivity contribution in [2.24, 2.45) is 0 Å². The third-order valence-electron chi connectivity index (χ3n) is 2.56. The minimum absolute atomic E-state index is 0.206. The van der Waals surface area contributed by atoms with Crippen LogP contribution in [0.25, 0.3) is 0 Å². The van der Waals surface area contributed by atoms with Crippen LogP contribution in [0.15, 0.2) is 0 Å². The Hall–Kier alpha value is -0.650. The van der Waals surface area contributed by atoms with Crippen LogP contribution in [-0.2, 0) is 14.3 Å². The second-order valence-corrected chi connectivity index (χ2v) is 3.80. The van der Waals surface area contributed by atoms with E-state index in [1.165, 1.54) is 0 Å². The average Bonchev–Trinajstić information content (AvgIpc) is 2.26. The highest BCUT2D eigenvalue weighted by molar-refractivity contribution is 5.66. The van der Waals surface area contributed by atoms with Gasteiger partial charge < -0.3 is 14.6 Å². The van der Waals surface area contributed by atoms with Gasteiger partial charge in [-0.05, 0) is 13.3 Å². The Kier molecular flexibility index (Phi) is 9.18. The fourth-order valence-corrected chi connectivity index (χ4v) is 1.48. The van der Waals surface area contributed by atoms with Crippen LogP contribution in [0.3, 0.4) is 0 Å². The molecule has 0 rings (SSSR count). The molecule has 0 bridgehead atoms. The van der Waals surface area contributed by atoms with Gasteiger partial charge in [-0.3, -0.25) is 9.69 Å². The van der Waals surface area contributed by atoms with E-state index in [0.717, 1.165) is 13.1 Å². The van der Waals surface area contributed by atoms with Crippen LogP contribution in [-0.4, -0.2) is 62.5 Å². The number of hydrogen-bond acceptors (Lipinski definition) is 4. The molecule has 1 N–H and O–H groups in total. The standard InChI is InChI=1S/C11H23NO4/c1-10(4-5-11(13)14)12(6-8-15-2)7-9-16-3/h10H,4-9H2,1-3H3,(H,13,14). The predicted molar refractivity (Wildman–Crippen MR) is 61.7 cm³/mol. The maximum Gasteiger partial charge on any atom is 0.303 e. The molecule has 0 amide bonds. The number of methoxy groups -OCH3 is 2. The first kappa shape index (κ1) is 15.3. The van der Waals surface area contributed by atoms with Crippen LogP contribution in [0.4, 0.5) is 0 Å². The van der Waals surface area contributed by atoms with Crippen LogP contribution in [0, 0.1) is 0 Å². The van der Waals surface area contributed by atoms with Gasteiger partial charge in [0.15, 0.2) is 0 Å². The maximum atomic E-state index is 10.5. The molecule has 0 aromatic rings. The summed E-state index contributed by atoms with van der Waals surface area (Å²) >= 11 is 0. The van der Waals surface area contributed by atoms with E-state index >= 15 is 0 Å². The van der Waals surface area contributed by atoms with Crippen molar-refractivity contribution in [2.75, 3.05) is 40.5 Å². The minimum Gasteiger partial charge on any atom is -0.481 e. The van der Waals surface area contributed by atoms with E-state index in [4.69, 9.17) is 14.6 Å². The zero-order chi connectivity index (χ0) is 12.4. The molecule has 0 spiro atoms. The molecule has 0 aliphatic rings. The highest BCUT2D eigenvalue weighted by Crippen LogP contribution is 2.06. The molecule has 0 radical (unpaired) electrons. The van der Waals surface area contributed by atoms with Gasteiger partial charge >= 0.3 is 5.97 Å². The lowest BCUT2D eigenvalue weighted by Gasteiger charge is -2.28. The van der Waals surface area contributed by atoms with Crippen molar-refractivity contribution in [3.05, 3.63) is 0 Å². The van der Waals surface area contributed by atoms with Crippen LogP contribution in [0.2, 0.25) is 0 Å². The van der Waals surface area contributed by atoms with E-state index in [0.29, 0.717) is 19.6 Å². The molecule has 0 saturated heterocycles. The highest BCUT2D eigenvalue weighted by Gasteiger charge is 2.14. The van der Waals surface area contributed by atoms with Gasteiger partial charge in [-0.2, -0.15) is 0 Å². The van der Waals surface area contributed by atoms with E-state index < -0.39 is 5.97 Å². The fraction of sp³-hybridized carbons (Fsp3) is 0.909. The second kappa shape index (κ2) is 9.57. The molecule has 0 aromatic carbocycles. The van der Waals surface area contributed by atoms with E-state index in [1.54, 1.807) is 14.2 Å². The first-order valence-corrected chi connectivity index (χ1v) is 5.55. The average molecular weight is 233 g/mol. The molecule has 5 heteroatoms. The fourth-order valence-electron chi connectivity index (χ4n) is 1.48. The summed E-state index contributed by atoms with van der Waals surface area (Å²) in [4.78, 5) is 12.7. The van der Waals surface area contributed by atoms with Crippen molar-refractivity contribution in [3.8, 4) is 0 Å². The van der Waals surface area contributed by atoms with Crippen molar-refractivity contribution in [3.63, 3.8) is 0 Å². The van der Waals surface area contributed by atoms with Gasteiger partial charge in [0.25, 0.3) is 0 Å². The third kappa shape index (κ3) is 7.62. The van der Waals surface area contributed by atoms with Crippen LogP contribution >= 0.6 is 0 Å². The molecule has 5 nitrogen and oxygen atoms in total. The summed E-state index contributed by atoms with van der Waals surface area (Å²) in [5.41, 5.74) is 0. The van der Waals surface area contributed by atoms with Gasteiger partial charge in [0.05, 0.1) is 13.2 Å². The number of hydrogen-bond donors (Lipinski definition) is 1. The summed E-state index contributed by atoms with van der Waals surface area (Å²) in [5.74, 6) is -0.745. The Morgan fingerprint density at radius 2 is 1.75 bits per heavy atom. The van der Waals surface area contributed by atoms with Crippen molar-refractivity contribution >= 4 is 5.97 Å². The van der Waals surface area contributed by atoms with Crippen LogP contribution < -0.4 is 0 Å². The summed E-state index contributed by atoms with van der Waals surface area (Å²) in [6, 6.07) is 0.237. The van der Waals surface area contributed by atoms with Gasteiger partial charge in [-0.1, -0.05) is 0 Å². The Morgan fingerprint density at radius 1 is 1.25 bits per heavy atom. The number of carboxylic acid groups (broad SMARTS) is 1. The Labute approximate surface area is 97.3 Å². The molecule has 0 aliphatic heterocycles. The molecule has 0 heterocycles. The van der Waals surface area contributed by atoms with E-state index in [2.05, 4.69) is 4.90 Å². The smallest absolute Gasteiger partial charge is 0.303 e. The molecular weight excluding hydrogens is 210 g/mol.